The summed E-state index contributed by atoms with van der Waals surface area (Å²) < 4.78 is 12.1. The van der Waals surface area contributed by atoms with Gasteiger partial charge in [-0.1, -0.05) is 37.9 Å². The van der Waals surface area contributed by atoms with Gasteiger partial charge in [0.05, 0.1) is 6.61 Å². The maximum absolute atomic E-state index is 5.25. The van der Waals surface area contributed by atoms with E-state index in [0.29, 0.717) is 13.4 Å². The van der Waals surface area contributed by atoms with E-state index in [2.05, 4.69) is 31.9 Å². The quantitative estimate of drug-likeness (QED) is 0.627. The van der Waals surface area contributed by atoms with Gasteiger partial charge in [0, 0.05) is 21.6 Å². The van der Waals surface area contributed by atoms with Gasteiger partial charge < -0.3 is 9.47 Å². The fourth-order valence-corrected chi connectivity index (χ4v) is 2.12. The molecule has 1 aromatic carbocycles. The summed E-state index contributed by atoms with van der Waals surface area (Å²) in [5.41, 5.74) is 1.10. The van der Waals surface area contributed by atoms with Crippen LogP contribution in [0.4, 0.5) is 0 Å². The van der Waals surface area contributed by atoms with Crippen molar-refractivity contribution in [1.29, 1.82) is 0 Å². The van der Waals surface area contributed by atoms with E-state index in [4.69, 9.17) is 9.47 Å². The Morgan fingerprint density at radius 3 is 2.38 bits per heavy atom. The molecule has 0 aliphatic carbocycles. The first-order chi connectivity index (χ1) is 6.25. The molecule has 0 atom stereocenters. The SMILES string of the molecule is COCOCc1c(Br)cccc1Br. The highest BCUT2D eigenvalue weighted by Gasteiger charge is 2.03. The zero-order valence-corrected chi connectivity index (χ0v) is 10.4. The van der Waals surface area contributed by atoms with Gasteiger partial charge in [-0.2, -0.15) is 0 Å². The lowest BCUT2D eigenvalue weighted by Crippen LogP contribution is -1.98. The molecule has 72 valence electrons. The van der Waals surface area contributed by atoms with Crippen LogP contribution in [0, 0.1) is 0 Å². The summed E-state index contributed by atoms with van der Waals surface area (Å²) in [6, 6.07) is 5.93. The molecule has 1 rings (SSSR count). The Kier molecular flexibility index (Phi) is 4.94. The molecule has 13 heavy (non-hydrogen) atoms. The van der Waals surface area contributed by atoms with Gasteiger partial charge in [0.1, 0.15) is 6.79 Å². The van der Waals surface area contributed by atoms with Crippen molar-refractivity contribution >= 4 is 31.9 Å². The first-order valence-corrected chi connectivity index (χ1v) is 5.34. The predicted octanol–water partition coefficient (Wildman–Crippen LogP) is 3.33. The van der Waals surface area contributed by atoms with Crippen LogP contribution < -0.4 is 0 Å². The Balaban J connectivity index is 2.64. The van der Waals surface area contributed by atoms with Crippen molar-refractivity contribution in [3.05, 3.63) is 32.7 Å². The van der Waals surface area contributed by atoms with E-state index < -0.39 is 0 Å². The van der Waals surface area contributed by atoms with Crippen molar-refractivity contribution in [3.63, 3.8) is 0 Å². The van der Waals surface area contributed by atoms with E-state index in [-0.39, 0.29) is 0 Å². The molecule has 0 fully saturated rings. The molecular weight excluding hydrogens is 300 g/mol. The molecule has 4 heteroatoms. The second-order valence-corrected chi connectivity index (χ2v) is 4.16. The summed E-state index contributed by atoms with van der Waals surface area (Å²) >= 11 is 6.90. The smallest absolute Gasteiger partial charge is 0.146 e. The van der Waals surface area contributed by atoms with E-state index in [1.807, 2.05) is 18.2 Å². The van der Waals surface area contributed by atoms with Crippen LogP contribution in [-0.4, -0.2) is 13.9 Å². The Morgan fingerprint density at radius 2 is 1.85 bits per heavy atom. The molecule has 0 saturated carbocycles. The summed E-state index contributed by atoms with van der Waals surface area (Å²) in [6.45, 7) is 0.851. The molecule has 0 N–H and O–H groups in total. The first-order valence-electron chi connectivity index (χ1n) is 3.75. The minimum absolute atomic E-state index is 0.313. The molecule has 0 heterocycles. The average molecular weight is 310 g/mol. The maximum Gasteiger partial charge on any atom is 0.146 e. The fraction of sp³-hybridized carbons (Fsp3) is 0.333. The highest BCUT2D eigenvalue weighted by molar-refractivity contribution is 9.11. The van der Waals surface area contributed by atoms with Crippen molar-refractivity contribution < 1.29 is 9.47 Å². The molecule has 0 bridgehead atoms. The monoisotopic (exact) mass is 308 g/mol. The highest BCUT2D eigenvalue weighted by Crippen LogP contribution is 2.25. The van der Waals surface area contributed by atoms with E-state index in [1.165, 1.54) is 0 Å². The fourth-order valence-electron chi connectivity index (χ4n) is 0.897. The maximum atomic E-state index is 5.25. The zero-order chi connectivity index (χ0) is 9.68. The normalized spacial score (nSPS) is 10.4. The van der Waals surface area contributed by atoms with Gasteiger partial charge in [-0.15, -0.1) is 0 Å². The number of halogens is 2. The van der Waals surface area contributed by atoms with Gasteiger partial charge in [-0.25, -0.2) is 0 Å². The zero-order valence-electron chi connectivity index (χ0n) is 7.22. The van der Waals surface area contributed by atoms with Crippen molar-refractivity contribution in [2.75, 3.05) is 13.9 Å². The van der Waals surface area contributed by atoms with E-state index in [1.54, 1.807) is 7.11 Å². The molecule has 0 saturated heterocycles. The van der Waals surface area contributed by atoms with Crippen LogP contribution in [0.25, 0.3) is 0 Å². The van der Waals surface area contributed by atoms with Crippen molar-refractivity contribution in [1.82, 2.24) is 0 Å². The average Bonchev–Trinajstić information content (AvgIpc) is 2.10. The van der Waals surface area contributed by atoms with E-state index >= 15 is 0 Å². The summed E-state index contributed by atoms with van der Waals surface area (Å²) in [4.78, 5) is 0. The van der Waals surface area contributed by atoms with Crippen molar-refractivity contribution in [2.45, 2.75) is 6.61 Å². The molecule has 0 aliphatic rings. The lowest BCUT2D eigenvalue weighted by Gasteiger charge is -2.07. The van der Waals surface area contributed by atoms with Gasteiger partial charge in [0.2, 0.25) is 0 Å². The molecule has 0 spiro atoms. The predicted molar refractivity (Wildman–Crippen MR) is 58.5 cm³/mol. The first kappa shape index (κ1) is 11.2. The molecule has 1 aromatic rings. The summed E-state index contributed by atoms with van der Waals surface area (Å²) in [6.07, 6.45) is 0. The molecule has 0 aromatic heterocycles. The third kappa shape index (κ3) is 3.38. The number of hydrogen-bond acceptors (Lipinski definition) is 2. The van der Waals surface area contributed by atoms with Crippen LogP contribution in [0.2, 0.25) is 0 Å². The topological polar surface area (TPSA) is 18.5 Å². The Labute approximate surface area is 94.5 Å². The summed E-state index contributed by atoms with van der Waals surface area (Å²) in [7, 11) is 1.61. The minimum Gasteiger partial charge on any atom is -0.359 e. The number of hydrogen-bond donors (Lipinski definition) is 0. The van der Waals surface area contributed by atoms with Crippen LogP contribution in [0.1, 0.15) is 5.56 Å². The van der Waals surface area contributed by atoms with Gasteiger partial charge in [0.25, 0.3) is 0 Å². The molecule has 0 aliphatic heterocycles. The molecule has 0 amide bonds. The second-order valence-electron chi connectivity index (χ2n) is 2.46. The van der Waals surface area contributed by atoms with Crippen LogP contribution in [0.15, 0.2) is 27.1 Å². The van der Waals surface area contributed by atoms with Gasteiger partial charge >= 0.3 is 0 Å². The highest BCUT2D eigenvalue weighted by atomic mass is 79.9. The largest absolute Gasteiger partial charge is 0.359 e. The second kappa shape index (κ2) is 5.75. The van der Waals surface area contributed by atoms with Crippen LogP contribution in [0.3, 0.4) is 0 Å². The standard InChI is InChI=1S/C9H10Br2O2/c1-12-6-13-5-7-8(10)3-2-4-9(7)11/h2-4H,5-6H2,1H3. The van der Waals surface area contributed by atoms with Gasteiger partial charge in [-0.3, -0.25) is 0 Å². The Morgan fingerprint density at radius 1 is 1.23 bits per heavy atom. The third-order valence-electron chi connectivity index (χ3n) is 1.51. The van der Waals surface area contributed by atoms with Crippen LogP contribution >= 0.6 is 31.9 Å². The molecular formula is C9H10Br2O2. The third-order valence-corrected chi connectivity index (χ3v) is 3.00. The van der Waals surface area contributed by atoms with E-state index in [0.717, 1.165) is 14.5 Å². The Hall–Kier alpha value is 0.1000. The summed E-state index contributed by atoms with van der Waals surface area (Å²) in [5, 5.41) is 0. The summed E-state index contributed by atoms with van der Waals surface area (Å²) in [5.74, 6) is 0. The Bertz CT molecular complexity index is 256. The number of rotatable bonds is 4. The van der Waals surface area contributed by atoms with Crippen molar-refractivity contribution in [2.24, 2.45) is 0 Å². The molecule has 0 radical (unpaired) electrons. The van der Waals surface area contributed by atoms with E-state index in [9.17, 15) is 0 Å². The molecule has 0 unspecified atom stereocenters. The minimum atomic E-state index is 0.313. The van der Waals surface area contributed by atoms with Gasteiger partial charge in [0.15, 0.2) is 0 Å². The lowest BCUT2D eigenvalue weighted by atomic mass is 10.2. The number of ether oxygens (including phenoxy) is 2. The van der Waals surface area contributed by atoms with Crippen LogP contribution in [0.5, 0.6) is 0 Å². The van der Waals surface area contributed by atoms with Crippen molar-refractivity contribution in [3.8, 4) is 0 Å². The number of benzene rings is 1. The lowest BCUT2D eigenvalue weighted by molar-refractivity contribution is -0.0394. The van der Waals surface area contributed by atoms with Gasteiger partial charge in [-0.05, 0) is 12.1 Å². The number of methoxy groups -OCH3 is 1. The molecule has 2 nitrogen and oxygen atoms in total. The van der Waals surface area contributed by atoms with Crippen LogP contribution in [-0.2, 0) is 16.1 Å².